The Kier molecular flexibility index (Phi) is 3.59. The molecule has 0 N–H and O–H groups in total. The van der Waals surface area contributed by atoms with Crippen LogP contribution in [0, 0.1) is 0 Å². The molecule has 0 saturated heterocycles. The zero-order chi connectivity index (χ0) is 12.3. The Morgan fingerprint density at radius 1 is 1.24 bits per heavy atom. The molecule has 3 heteroatoms. The molecule has 2 aromatic rings. The van der Waals surface area contributed by atoms with E-state index in [0.717, 1.165) is 21.8 Å². The summed E-state index contributed by atoms with van der Waals surface area (Å²) in [5.74, 6) is 0.991. The van der Waals surface area contributed by atoms with E-state index in [9.17, 15) is 4.79 Å². The van der Waals surface area contributed by atoms with Crippen LogP contribution in [0.2, 0.25) is 0 Å². The number of rotatable bonds is 4. The van der Waals surface area contributed by atoms with Crippen molar-refractivity contribution in [2.75, 3.05) is 6.61 Å². The summed E-state index contributed by atoms with van der Waals surface area (Å²) in [5, 5.41) is 2.01. The quantitative estimate of drug-likeness (QED) is 0.762. The third kappa shape index (κ3) is 2.74. The van der Waals surface area contributed by atoms with Gasteiger partial charge in [0.1, 0.15) is 5.75 Å². The van der Waals surface area contributed by atoms with Crippen molar-refractivity contribution in [2.24, 2.45) is 0 Å². The third-order valence-electron chi connectivity index (χ3n) is 2.45. The van der Waals surface area contributed by atoms with Gasteiger partial charge in [-0.3, -0.25) is 4.79 Å². The average Bonchev–Trinajstić information content (AvgIpc) is 2.80. The van der Waals surface area contributed by atoms with Gasteiger partial charge in [0, 0.05) is 0 Å². The molecule has 88 valence electrons. The number of hydrogen-bond acceptors (Lipinski definition) is 3. The summed E-state index contributed by atoms with van der Waals surface area (Å²) in [6.07, 6.45) is 0. The van der Waals surface area contributed by atoms with Crippen LogP contribution >= 0.6 is 11.3 Å². The van der Waals surface area contributed by atoms with E-state index >= 15 is 0 Å². The highest BCUT2D eigenvalue weighted by atomic mass is 32.1. The molecule has 0 unspecified atom stereocenters. The highest BCUT2D eigenvalue weighted by Gasteiger charge is 2.05. The smallest absolute Gasteiger partial charge is 0.169 e. The van der Waals surface area contributed by atoms with Gasteiger partial charge in [0.05, 0.1) is 11.5 Å². The lowest BCUT2D eigenvalue weighted by molar-refractivity contribution is 0.102. The standard InChI is InChI=1S/C14H14O2S/c1-3-16-13-6-4-11(5-7-13)12-8-14(10(2)15)17-9-12/h4-9H,3H2,1-2H3. The molecular formula is C14H14O2S. The van der Waals surface area contributed by atoms with Crippen LogP contribution in [0.25, 0.3) is 11.1 Å². The summed E-state index contributed by atoms with van der Waals surface area (Å²) in [7, 11) is 0. The van der Waals surface area contributed by atoms with Crippen molar-refractivity contribution in [1.29, 1.82) is 0 Å². The van der Waals surface area contributed by atoms with Crippen LogP contribution in [-0.2, 0) is 0 Å². The molecule has 1 aromatic heterocycles. The van der Waals surface area contributed by atoms with Gasteiger partial charge in [0.2, 0.25) is 0 Å². The summed E-state index contributed by atoms with van der Waals surface area (Å²) >= 11 is 1.49. The van der Waals surface area contributed by atoms with Crippen molar-refractivity contribution >= 4 is 17.1 Å². The first-order valence-corrected chi connectivity index (χ1v) is 6.41. The maximum Gasteiger partial charge on any atom is 0.169 e. The Bertz CT molecular complexity index is 511. The van der Waals surface area contributed by atoms with E-state index < -0.39 is 0 Å². The predicted molar refractivity (Wildman–Crippen MR) is 70.9 cm³/mol. The first kappa shape index (κ1) is 11.9. The van der Waals surface area contributed by atoms with Gasteiger partial charge >= 0.3 is 0 Å². The van der Waals surface area contributed by atoms with Crippen LogP contribution in [-0.4, -0.2) is 12.4 Å². The SMILES string of the molecule is CCOc1ccc(-c2csc(C(C)=O)c2)cc1. The van der Waals surface area contributed by atoms with Gasteiger partial charge in [-0.05, 0) is 48.6 Å². The normalized spacial score (nSPS) is 10.2. The predicted octanol–water partition coefficient (Wildman–Crippen LogP) is 4.02. The van der Waals surface area contributed by atoms with E-state index in [-0.39, 0.29) is 5.78 Å². The van der Waals surface area contributed by atoms with E-state index in [0.29, 0.717) is 6.61 Å². The monoisotopic (exact) mass is 246 g/mol. The fourth-order valence-corrected chi connectivity index (χ4v) is 2.40. The van der Waals surface area contributed by atoms with Crippen molar-refractivity contribution in [3.63, 3.8) is 0 Å². The molecule has 0 aliphatic carbocycles. The van der Waals surface area contributed by atoms with E-state index in [1.165, 1.54) is 11.3 Å². The average molecular weight is 246 g/mol. The Morgan fingerprint density at radius 3 is 2.47 bits per heavy atom. The van der Waals surface area contributed by atoms with E-state index in [4.69, 9.17) is 4.74 Å². The van der Waals surface area contributed by atoms with E-state index in [1.807, 2.05) is 42.6 Å². The molecule has 0 atom stereocenters. The van der Waals surface area contributed by atoms with Gasteiger partial charge in [-0.1, -0.05) is 12.1 Å². The second-order valence-electron chi connectivity index (χ2n) is 3.71. The zero-order valence-corrected chi connectivity index (χ0v) is 10.7. The van der Waals surface area contributed by atoms with E-state index in [1.54, 1.807) is 6.92 Å². The van der Waals surface area contributed by atoms with Gasteiger partial charge in [0.25, 0.3) is 0 Å². The van der Waals surface area contributed by atoms with Crippen LogP contribution in [0.15, 0.2) is 35.7 Å². The second-order valence-corrected chi connectivity index (χ2v) is 4.62. The number of ether oxygens (including phenoxy) is 1. The Hall–Kier alpha value is -1.61. The zero-order valence-electron chi connectivity index (χ0n) is 9.90. The molecule has 0 spiro atoms. The molecular weight excluding hydrogens is 232 g/mol. The molecule has 1 heterocycles. The molecule has 2 nitrogen and oxygen atoms in total. The first-order valence-electron chi connectivity index (χ1n) is 5.53. The number of hydrogen-bond donors (Lipinski definition) is 0. The van der Waals surface area contributed by atoms with Crippen LogP contribution in [0.3, 0.4) is 0 Å². The molecule has 2 rings (SSSR count). The van der Waals surface area contributed by atoms with Gasteiger partial charge in [0.15, 0.2) is 5.78 Å². The van der Waals surface area contributed by atoms with E-state index in [2.05, 4.69) is 0 Å². The number of thiophene rings is 1. The Balaban J connectivity index is 2.23. The molecule has 1 aromatic carbocycles. The number of ketones is 1. The molecule has 0 bridgehead atoms. The van der Waals surface area contributed by atoms with Gasteiger partial charge in [-0.25, -0.2) is 0 Å². The van der Waals surface area contributed by atoms with Crippen LogP contribution in [0.4, 0.5) is 0 Å². The maximum atomic E-state index is 11.2. The second kappa shape index (κ2) is 5.15. The lowest BCUT2D eigenvalue weighted by Crippen LogP contribution is -1.90. The molecule has 0 fully saturated rings. The van der Waals surface area contributed by atoms with Gasteiger partial charge in [-0.15, -0.1) is 11.3 Å². The van der Waals surface area contributed by atoms with Gasteiger partial charge in [-0.2, -0.15) is 0 Å². The lowest BCUT2D eigenvalue weighted by atomic mass is 10.1. The Morgan fingerprint density at radius 2 is 1.94 bits per heavy atom. The molecule has 0 radical (unpaired) electrons. The minimum atomic E-state index is 0.118. The van der Waals surface area contributed by atoms with Crippen LogP contribution in [0.5, 0.6) is 5.75 Å². The first-order chi connectivity index (χ1) is 8.20. The minimum absolute atomic E-state index is 0.118. The summed E-state index contributed by atoms with van der Waals surface area (Å²) < 4.78 is 5.39. The third-order valence-corrected chi connectivity index (χ3v) is 3.48. The summed E-state index contributed by atoms with van der Waals surface area (Å²) in [5.41, 5.74) is 2.19. The minimum Gasteiger partial charge on any atom is -0.494 e. The van der Waals surface area contributed by atoms with Crippen molar-refractivity contribution in [1.82, 2.24) is 0 Å². The Labute approximate surface area is 105 Å². The number of benzene rings is 1. The largest absolute Gasteiger partial charge is 0.494 e. The van der Waals surface area contributed by atoms with Gasteiger partial charge < -0.3 is 4.74 Å². The fraction of sp³-hybridized carbons (Fsp3) is 0.214. The highest BCUT2D eigenvalue weighted by Crippen LogP contribution is 2.27. The number of carbonyl (C=O) groups excluding carboxylic acids is 1. The highest BCUT2D eigenvalue weighted by molar-refractivity contribution is 7.12. The topological polar surface area (TPSA) is 26.3 Å². The lowest BCUT2D eigenvalue weighted by Gasteiger charge is -2.03. The van der Waals surface area contributed by atoms with Crippen molar-refractivity contribution in [3.05, 3.63) is 40.6 Å². The number of Topliss-reactive ketones (excluding diaryl/α,β-unsaturated/α-hetero) is 1. The van der Waals surface area contributed by atoms with Crippen molar-refractivity contribution in [3.8, 4) is 16.9 Å². The summed E-state index contributed by atoms with van der Waals surface area (Å²) in [6.45, 7) is 4.23. The fourth-order valence-electron chi connectivity index (χ4n) is 1.58. The molecule has 0 amide bonds. The number of carbonyl (C=O) groups is 1. The van der Waals surface area contributed by atoms with Crippen LogP contribution in [0.1, 0.15) is 23.5 Å². The summed E-state index contributed by atoms with van der Waals surface area (Å²) in [4.78, 5) is 12.0. The molecule has 17 heavy (non-hydrogen) atoms. The molecule has 0 aliphatic heterocycles. The maximum absolute atomic E-state index is 11.2. The van der Waals surface area contributed by atoms with Crippen LogP contribution < -0.4 is 4.74 Å². The molecule has 0 saturated carbocycles. The van der Waals surface area contributed by atoms with Crippen molar-refractivity contribution in [2.45, 2.75) is 13.8 Å². The van der Waals surface area contributed by atoms with Crippen molar-refractivity contribution < 1.29 is 9.53 Å². The molecule has 0 aliphatic rings. The summed E-state index contributed by atoms with van der Waals surface area (Å²) in [6, 6.07) is 9.85.